The number of methoxy groups -OCH3 is 1. The minimum absolute atomic E-state index is 0.0259. The Hall–Kier alpha value is -2.06. The first-order valence-electron chi connectivity index (χ1n) is 8.14. The lowest BCUT2D eigenvalue weighted by molar-refractivity contribution is 0.0598. The van der Waals surface area contributed by atoms with Crippen LogP contribution in [-0.2, 0) is 10.5 Å². The van der Waals surface area contributed by atoms with Crippen LogP contribution in [0.15, 0.2) is 26.7 Å². The second-order valence-corrected chi connectivity index (χ2v) is 8.31. The SMILES string of the molecule is COC(=O)c1ccoc1CSc1nc2sc(C)c(C)c2c(=O)n1C(C)C. The molecule has 0 amide bonds. The van der Waals surface area contributed by atoms with Crippen molar-refractivity contribution in [3.05, 3.63) is 44.4 Å². The zero-order valence-corrected chi connectivity index (χ0v) is 16.9. The van der Waals surface area contributed by atoms with Gasteiger partial charge in [0.15, 0.2) is 5.16 Å². The van der Waals surface area contributed by atoms with E-state index in [-0.39, 0.29) is 11.6 Å². The van der Waals surface area contributed by atoms with Crippen molar-refractivity contribution in [2.75, 3.05) is 7.11 Å². The number of carbonyl (C=O) groups excluding carboxylic acids is 1. The highest BCUT2D eigenvalue weighted by Gasteiger charge is 2.20. The zero-order valence-electron chi connectivity index (χ0n) is 15.3. The highest BCUT2D eigenvalue weighted by atomic mass is 32.2. The topological polar surface area (TPSA) is 74.3 Å². The summed E-state index contributed by atoms with van der Waals surface area (Å²) in [5, 5.41) is 1.31. The first-order chi connectivity index (χ1) is 12.3. The van der Waals surface area contributed by atoms with E-state index in [1.54, 1.807) is 10.6 Å². The quantitative estimate of drug-likeness (QED) is 0.366. The summed E-state index contributed by atoms with van der Waals surface area (Å²) in [6, 6.07) is 1.55. The van der Waals surface area contributed by atoms with Crippen LogP contribution in [-0.4, -0.2) is 22.6 Å². The van der Waals surface area contributed by atoms with Crippen LogP contribution in [0.25, 0.3) is 10.2 Å². The van der Waals surface area contributed by atoms with Gasteiger partial charge in [0.05, 0.1) is 24.5 Å². The van der Waals surface area contributed by atoms with Crippen molar-refractivity contribution in [2.45, 2.75) is 44.6 Å². The molecule has 0 aliphatic rings. The second-order valence-electron chi connectivity index (χ2n) is 6.16. The van der Waals surface area contributed by atoms with Crippen LogP contribution in [0.4, 0.5) is 0 Å². The summed E-state index contributed by atoms with van der Waals surface area (Å²) in [7, 11) is 1.33. The molecule has 0 atom stereocenters. The van der Waals surface area contributed by atoms with Crippen LogP contribution >= 0.6 is 23.1 Å². The molecule has 0 spiro atoms. The zero-order chi connectivity index (χ0) is 19.0. The van der Waals surface area contributed by atoms with Crippen LogP contribution in [0.1, 0.15) is 46.4 Å². The number of hydrogen-bond donors (Lipinski definition) is 0. The van der Waals surface area contributed by atoms with Crippen molar-refractivity contribution in [3.63, 3.8) is 0 Å². The molecule has 0 saturated heterocycles. The first kappa shape index (κ1) is 18.7. The Morgan fingerprint density at radius 3 is 2.81 bits per heavy atom. The third-order valence-electron chi connectivity index (χ3n) is 4.20. The van der Waals surface area contributed by atoms with Crippen molar-refractivity contribution >= 4 is 39.3 Å². The molecule has 0 saturated carbocycles. The standard InChI is InChI=1S/C18H20N2O4S2/c1-9(2)20-16(21)14-10(3)11(4)26-15(14)19-18(20)25-8-13-12(6-7-24-13)17(22)23-5/h6-7,9H,8H2,1-5H3. The average Bonchev–Trinajstić information content (AvgIpc) is 3.17. The number of thioether (sulfide) groups is 1. The Morgan fingerprint density at radius 1 is 1.42 bits per heavy atom. The number of esters is 1. The largest absolute Gasteiger partial charge is 0.468 e. The van der Waals surface area contributed by atoms with Gasteiger partial charge >= 0.3 is 5.97 Å². The van der Waals surface area contributed by atoms with Gasteiger partial charge in [0, 0.05) is 10.9 Å². The van der Waals surface area contributed by atoms with E-state index in [4.69, 9.17) is 14.1 Å². The van der Waals surface area contributed by atoms with E-state index in [1.807, 2.05) is 27.7 Å². The normalized spacial score (nSPS) is 11.5. The summed E-state index contributed by atoms with van der Waals surface area (Å²) in [5.41, 5.74) is 1.36. The van der Waals surface area contributed by atoms with Gasteiger partial charge in [0.25, 0.3) is 5.56 Å². The molecule has 0 fully saturated rings. The molecule has 0 aliphatic heterocycles. The molecule has 0 N–H and O–H groups in total. The van der Waals surface area contributed by atoms with E-state index in [9.17, 15) is 9.59 Å². The maximum absolute atomic E-state index is 13.0. The van der Waals surface area contributed by atoms with E-state index >= 15 is 0 Å². The Kier molecular flexibility index (Phi) is 5.24. The third-order valence-corrected chi connectivity index (χ3v) is 6.26. The lowest BCUT2D eigenvalue weighted by Crippen LogP contribution is -2.25. The number of hydrogen-bond acceptors (Lipinski definition) is 7. The van der Waals surface area contributed by atoms with Gasteiger partial charge in [0.1, 0.15) is 16.2 Å². The summed E-state index contributed by atoms with van der Waals surface area (Å²) < 4.78 is 11.9. The average molecular weight is 393 g/mol. The van der Waals surface area contributed by atoms with E-state index in [1.165, 1.54) is 36.5 Å². The summed E-state index contributed by atoms with van der Waals surface area (Å²) in [6.45, 7) is 7.87. The molecular formula is C18H20N2O4S2. The molecule has 3 aromatic heterocycles. The summed E-state index contributed by atoms with van der Waals surface area (Å²) in [4.78, 5) is 31.4. The maximum atomic E-state index is 13.0. The van der Waals surface area contributed by atoms with Gasteiger partial charge in [-0.25, -0.2) is 9.78 Å². The van der Waals surface area contributed by atoms with E-state index in [2.05, 4.69) is 0 Å². The van der Waals surface area contributed by atoms with E-state index in [0.29, 0.717) is 27.6 Å². The number of thiophene rings is 1. The Balaban J connectivity index is 2.03. The predicted molar refractivity (Wildman–Crippen MR) is 103 cm³/mol. The number of aryl methyl sites for hydroxylation is 2. The van der Waals surface area contributed by atoms with Crippen LogP contribution in [0.5, 0.6) is 0 Å². The highest BCUT2D eigenvalue weighted by Crippen LogP contribution is 2.31. The van der Waals surface area contributed by atoms with E-state index < -0.39 is 5.97 Å². The van der Waals surface area contributed by atoms with Crippen LogP contribution in [0.3, 0.4) is 0 Å². The predicted octanol–water partition coefficient (Wildman–Crippen LogP) is 4.33. The first-order valence-corrected chi connectivity index (χ1v) is 9.95. The lowest BCUT2D eigenvalue weighted by atomic mass is 10.2. The Bertz CT molecular complexity index is 1030. The lowest BCUT2D eigenvalue weighted by Gasteiger charge is -2.15. The van der Waals surface area contributed by atoms with Crippen LogP contribution < -0.4 is 5.56 Å². The Morgan fingerprint density at radius 2 is 2.15 bits per heavy atom. The number of nitrogens with zero attached hydrogens (tertiary/aromatic N) is 2. The highest BCUT2D eigenvalue weighted by molar-refractivity contribution is 7.98. The van der Waals surface area contributed by atoms with Gasteiger partial charge < -0.3 is 9.15 Å². The number of fused-ring (bicyclic) bond motifs is 1. The van der Waals surface area contributed by atoms with Crippen molar-refractivity contribution in [1.82, 2.24) is 9.55 Å². The number of ether oxygens (including phenoxy) is 1. The fraction of sp³-hybridized carbons (Fsp3) is 0.389. The molecule has 138 valence electrons. The fourth-order valence-corrected chi connectivity index (χ4v) is 4.87. The number of aromatic nitrogens is 2. The van der Waals surface area contributed by atoms with Crippen molar-refractivity contribution in [3.8, 4) is 0 Å². The molecule has 3 aromatic rings. The smallest absolute Gasteiger partial charge is 0.341 e. The van der Waals surface area contributed by atoms with Crippen LogP contribution in [0, 0.1) is 13.8 Å². The summed E-state index contributed by atoms with van der Waals surface area (Å²) in [6.07, 6.45) is 1.46. The molecule has 0 aliphatic carbocycles. The van der Waals surface area contributed by atoms with Gasteiger partial charge in [-0.2, -0.15) is 0 Å². The molecular weight excluding hydrogens is 372 g/mol. The summed E-state index contributed by atoms with van der Waals surface area (Å²) in [5.74, 6) is 0.444. The van der Waals surface area contributed by atoms with Crippen molar-refractivity contribution < 1.29 is 13.9 Å². The van der Waals surface area contributed by atoms with Gasteiger partial charge in [-0.15, -0.1) is 11.3 Å². The fourth-order valence-electron chi connectivity index (χ4n) is 2.72. The van der Waals surface area contributed by atoms with Gasteiger partial charge in [-0.05, 0) is 39.3 Å². The molecule has 26 heavy (non-hydrogen) atoms. The second kappa shape index (κ2) is 7.28. The van der Waals surface area contributed by atoms with Gasteiger partial charge in [0.2, 0.25) is 0 Å². The molecule has 8 heteroatoms. The monoisotopic (exact) mass is 392 g/mol. The minimum atomic E-state index is -0.441. The number of furan rings is 1. The van der Waals surface area contributed by atoms with E-state index in [0.717, 1.165) is 15.3 Å². The number of carbonyl (C=O) groups is 1. The Labute approximate surface area is 159 Å². The molecule has 0 unspecified atom stereocenters. The minimum Gasteiger partial charge on any atom is -0.468 e. The summed E-state index contributed by atoms with van der Waals surface area (Å²) >= 11 is 2.90. The van der Waals surface area contributed by atoms with Crippen molar-refractivity contribution in [2.24, 2.45) is 0 Å². The molecule has 6 nitrogen and oxygen atoms in total. The molecule has 0 bridgehead atoms. The molecule has 0 aromatic carbocycles. The van der Waals surface area contributed by atoms with Crippen LogP contribution in [0.2, 0.25) is 0 Å². The molecule has 3 heterocycles. The maximum Gasteiger partial charge on any atom is 0.341 e. The van der Waals surface area contributed by atoms with Gasteiger partial charge in [-0.1, -0.05) is 11.8 Å². The van der Waals surface area contributed by atoms with Gasteiger partial charge in [-0.3, -0.25) is 9.36 Å². The molecule has 0 radical (unpaired) electrons. The van der Waals surface area contributed by atoms with Crippen molar-refractivity contribution in [1.29, 1.82) is 0 Å². The molecule has 3 rings (SSSR count). The number of rotatable bonds is 5. The third kappa shape index (κ3) is 3.19.